The fourth-order valence-electron chi connectivity index (χ4n) is 10.0. The van der Waals surface area contributed by atoms with Gasteiger partial charge in [-0.25, -0.2) is 0 Å². The lowest BCUT2D eigenvalue weighted by Crippen LogP contribution is -2.50. The van der Waals surface area contributed by atoms with Crippen molar-refractivity contribution in [2.24, 2.45) is 46.3 Å². The molecular weight excluding hydrogens is 452 g/mol. The SMILES string of the molecule is CC(=O)Oc1ccccc1C1CC[C@@]2(C)C(=CCC3C2CC[C@@]2(C)C3CC[C@@H]2[C@H](C)CCCC(C)C)C1. The molecule has 0 heterocycles. The number of rotatable bonds is 7. The molecule has 1 aromatic rings. The summed E-state index contributed by atoms with van der Waals surface area (Å²) in [5, 5.41) is 0. The highest BCUT2D eigenvalue weighted by molar-refractivity contribution is 5.70. The number of hydrogen-bond acceptors (Lipinski definition) is 2. The van der Waals surface area contributed by atoms with Gasteiger partial charge in [-0.3, -0.25) is 4.79 Å². The second kappa shape index (κ2) is 10.5. The van der Waals surface area contributed by atoms with Gasteiger partial charge in [0.2, 0.25) is 0 Å². The smallest absolute Gasteiger partial charge is 0.308 e. The second-order valence-corrected chi connectivity index (χ2v) is 14.4. The topological polar surface area (TPSA) is 26.3 Å². The molecule has 4 aliphatic rings. The molecule has 2 nitrogen and oxygen atoms in total. The van der Waals surface area contributed by atoms with Crippen molar-refractivity contribution in [1.82, 2.24) is 0 Å². The summed E-state index contributed by atoms with van der Waals surface area (Å²) in [4.78, 5) is 11.7. The molecule has 0 spiro atoms. The maximum Gasteiger partial charge on any atom is 0.308 e. The molecule has 0 saturated heterocycles. The zero-order chi connectivity index (χ0) is 26.4. The first-order valence-electron chi connectivity index (χ1n) is 15.6. The van der Waals surface area contributed by atoms with E-state index in [1.807, 2.05) is 12.1 Å². The number of ether oxygens (including phenoxy) is 1. The number of benzene rings is 1. The minimum absolute atomic E-state index is 0.220. The molecular formula is C35H52O2. The fraction of sp³-hybridized carbons (Fsp3) is 0.743. The number of hydrogen-bond donors (Lipinski definition) is 0. The lowest BCUT2D eigenvalue weighted by atomic mass is 9.46. The first kappa shape index (κ1) is 27.0. The Morgan fingerprint density at radius 1 is 1.00 bits per heavy atom. The van der Waals surface area contributed by atoms with Crippen LogP contribution in [0.5, 0.6) is 5.75 Å². The van der Waals surface area contributed by atoms with Gasteiger partial charge >= 0.3 is 5.97 Å². The quantitative estimate of drug-likeness (QED) is 0.210. The molecule has 8 atom stereocenters. The molecule has 0 bridgehead atoms. The molecule has 37 heavy (non-hydrogen) atoms. The molecule has 0 amide bonds. The summed E-state index contributed by atoms with van der Waals surface area (Å²) in [6, 6.07) is 8.24. The standard InChI is InChI=1S/C35H52O2/c1-23(2)10-9-11-24(3)30-16-17-31-29-15-14-27-22-26(28-12-7-8-13-33(28)37-25(4)36)18-20-34(27,5)32(29)19-21-35(30,31)6/h7-8,12-14,23-24,26,29-32H,9-11,15-22H2,1-6H3/t24-,26?,29?,30-,31?,32?,34+,35-/m1/s1. The van der Waals surface area contributed by atoms with Gasteiger partial charge in [0, 0.05) is 6.92 Å². The van der Waals surface area contributed by atoms with Crippen LogP contribution in [0.2, 0.25) is 0 Å². The van der Waals surface area contributed by atoms with Gasteiger partial charge in [-0.05, 0) is 115 Å². The van der Waals surface area contributed by atoms with Crippen LogP contribution >= 0.6 is 0 Å². The molecule has 3 saturated carbocycles. The lowest BCUT2D eigenvalue weighted by Gasteiger charge is -2.58. The lowest BCUT2D eigenvalue weighted by molar-refractivity contribution is -0.131. The molecule has 0 radical (unpaired) electrons. The maximum absolute atomic E-state index is 11.7. The molecule has 204 valence electrons. The van der Waals surface area contributed by atoms with E-state index in [2.05, 4.69) is 52.8 Å². The Hall–Kier alpha value is -1.57. The van der Waals surface area contributed by atoms with Crippen molar-refractivity contribution in [3.63, 3.8) is 0 Å². The van der Waals surface area contributed by atoms with Crippen molar-refractivity contribution < 1.29 is 9.53 Å². The Kier molecular flexibility index (Phi) is 7.69. The van der Waals surface area contributed by atoms with Gasteiger partial charge in [-0.1, -0.05) is 83.7 Å². The predicted octanol–water partition coefficient (Wildman–Crippen LogP) is 9.74. The van der Waals surface area contributed by atoms with Crippen LogP contribution in [-0.4, -0.2) is 5.97 Å². The van der Waals surface area contributed by atoms with E-state index in [1.165, 1.54) is 76.7 Å². The average molecular weight is 505 g/mol. The Bertz CT molecular complexity index is 1010. The Morgan fingerprint density at radius 3 is 2.54 bits per heavy atom. The van der Waals surface area contributed by atoms with E-state index in [0.29, 0.717) is 16.7 Å². The van der Waals surface area contributed by atoms with Gasteiger partial charge in [-0.15, -0.1) is 0 Å². The largest absolute Gasteiger partial charge is 0.426 e. The van der Waals surface area contributed by atoms with E-state index in [1.54, 1.807) is 5.57 Å². The maximum atomic E-state index is 11.7. The second-order valence-electron chi connectivity index (χ2n) is 14.4. The minimum atomic E-state index is -0.220. The monoisotopic (exact) mass is 504 g/mol. The first-order chi connectivity index (χ1) is 17.6. The summed E-state index contributed by atoms with van der Waals surface area (Å²) in [5.41, 5.74) is 3.85. The zero-order valence-electron chi connectivity index (χ0n) is 24.5. The zero-order valence-corrected chi connectivity index (χ0v) is 24.5. The Balaban J connectivity index is 1.31. The fourth-order valence-corrected chi connectivity index (χ4v) is 10.0. The van der Waals surface area contributed by atoms with Gasteiger partial charge in [0.25, 0.3) is 0 Å². The Morgan fingerprint density at radius 2 is 1.78 bits per heavy atom. The van der Waals surface area contributed by atoms with Crippen LogP contribution in [-0.2, 0) is 4.79 Å². The van der Waals surface area contributed by atoms with Crippen molar-refractivity contribution >= 4 is 5.97 Å². The molecule has 0 aromatic heterocycles. The van der Waals surface area contributed by atoms with Gasteiger partial charge in [-0.2, -0.15) is 0 Å². The van der Waals surface area contributed by atoms with Gasteiger partial charge in [0.1, 0.15) is 5.75 Å². The van der Waals surface area contributed by atoms with E-state index >= 15 is 0 Å². The summed E-state index contributed by atoms with van der Waals surface area (Å²) in [6.45, 7) is 14.2. The summed E-state index contributed by atoms with van der Waals surface area (Å²) in [5.74, 6) is 6.30. The normalized spacial score (nSPS) is 37.8. The van der Waals surface area contributed by atoms with E-state index in [0.717, 1.165) is 47.7 Å². The van der Waals surface area contributed by atoms with E-state index in [4.69, 9.17) is 4.74 Å². The van der Waals surface area contributed by atoms with Crippen molar-refractivity contribution in [3.05, 3.63) is 41.5 Å². The minimum Gasteiger partial charge on any atom is -0.426 e. The van der Waals surface area contributed by atoms with Crippen LogP contribution < -0.4 is 4.74 Å². The van der Waals surface area contributed by atoms with Crippen LogP contribution in [0.3, 0.4) is 0 Å². The van der Waals surface area contributed by atoms with E-state index in [-0.39, 0.29) is 5.97 Å². The number of carbonyl (C=O) groups excluding carboxylic acids is 1. The summed E-state index contributed by atoms with van der Waals surface area (Å²) >= 11 is 0. The molecule has 0 aliphatic heterocycles. The molecule has 5 rings (SSSR count). The Labute approximate surface area is 227 Å². The third-order valence-electron chi connectivity index (χ3n) is 11.9. The van der Waals surface area contributed by atoms with Crippen molar-refractivity contribution in [2.45, 2.75) is 118 Å². The molecule has 2 heteroatoms. The third-order valence-corrected chi connectivity index (χ3v) is 11.9. The van der Waals surface area contributed by atoms with Gasteiger partial charge < -0.3 is 4.74 Å². The number of para-hydroxylation sites is 1. The molecule has 0 N–H and O–H groups in total. The van der Waals surface area contributed by atoms with Crippen LogP contribution in [0.15, 0.2) is 35.9 Å². The van der Waals surface area contributed by atoms with Crippen LogP contribution in [0.25, 0.3) is 0 Å². The van der Waals surface area contributed by atoms with Gasteiger partial charge in [0.15, 0.2) is 0 Å². The average Bonchev–Trinajstić information content (AvgIpc) is 3.20. The van der Waals surface area contributed by atoms with E-state index < -0.39 is 0 Å². The molecule has 4 aliphatic carbocycles. The number of esters is 1. The highest BCUT2D eigenvalue weighted by Crippen LogP contribution is 2.68. The number of allylic oxidation sites excluding steroid dienone is 2. The van der Waals surface area contributed by atoms with Crippen LogP contribution in [0.1, 0.15) is 124 Å². The van der Waals surface area contributed by atoms with Crippen molar-refractivity contribution in [3.8, 4) is 5.75 Å². The highest BCUT2D eigenvalue weighted by Gasteiger charge is 2.59. The van der Waals surface area contributed by atoms with Crippen LogP contribution in [0, 0.1) is 46.3 Å². The summed E-state index contributed by atoms with van der Waals surface area (Å²) < 4.78 is 5.61. The predicted molar refractivity (Wildman–Crippen MR) is 154 cm³/mol. The number of fused-ring (bicyclic) bond motifs is 5. The summed E-state index contributed by atoms with van der Waals surface area (Å²) in [7, 11) is 0. The van der Waals surface area contributed by atoms with Gasteiger partial charge in [0.05, 0.1) is 0 Å². The summed E-state index contributed by atoms with van der Waals surface area (Å²) in [6.07, 6.45) is 17.6. The number of carbonyl (C=O) groups is 1. The van der Waals surface area contributed by atoms with E-state index in [9.17, 15) is 4.79 Å². The first-order valence-corrected chi connectivity index (χ1v) is 15.6. The van der Waals surface area contributed by atoms with Crippen molar-refractivity contribution in [2.75, 3.05) is 0 Å². The molecule has 1 aromatic carbocycles. The molecule has 3 fully saturated rings. The third kappa shape index (κ3) is 4.96. The molecule has 4 unspecified atom stereocenters. The highest BCUT2D eigenvalue weighted by atomic mass is 16.5. The van der Waals surface area contributed by atoms with Crippen LogP contribution in [0.4, 0.5) is 0 Å². The van der Waals surface area contributed by atoms with Crippen molar-refractivity contribution in [1.29, 1.82) is 0 Å².